The molecule has 1 heterocycles. The van der Waals surface area contributed by atoms with Gasteiger partial charge in [0.2, 0.25) is 0 Å². The Bertz CT molecular complexity index is 517. The van der Waals surface area contributed by atoms with Gasteiger partial charge >= 0.3 is 0 Å². The van der Waals surface area contributed by atoms with E-state index in [2.05, 4.69) is 43.4 Å². The molecular weight excluding hydrogens is 240 g/mol. The molecule has 2 aromatic rings. The molecule has 1 aromatic heterocycles. The highest BCUT2D eigenvalue weighted by Crippen LogP contribution is 2.22. The molecule has 0 fully saturated rings. The summed E-state index contributed by atoms with van der Waals surface area (Å²) in [6, 6.07) is 8.67. The second-order valence-corrected chi connectivity index (χ2v) is 5.70. The standard InChI is InChI=1S/C15H20N2S/c1-4-13-14(10-16-3)18-15(17-13)9-12-7-5-6-11(2)8-12/h5-8,16H,4,9-10H2,1-3H3. The zero-order valence-electron chi connectivity index (χ0n) is 11.3. The lowest BCUT2D eigenvalue weighted by Gasteiger charge is -1.99. The lowest BCUT2D eigenvalue weighted by atomic mass is 10.1. The Labute approximate surface area is 113 Å². The van der Waals surface area contributed by atoms with E-state index in [1.807, 2.05) is 18.4 Å². The van der Waals surface area contributed by atoms with E-state index in [0.29, 0.717) is 0 Å². The summed E-state index contributed by atoms with van der Waals surface area (Å²) in [6.45, 7) is 5.23. The van der Waals surface area contributed by atoms with Gasteiger partial charge in [0.1, 0.15) is 0 Å². The molecule has 96 valence electrons. The van der Waals surface area contributed by atoms with Gasteiger partial charge in [0, 0.05) is 17.8 Å². The highest BCUT2D eigenvalue weighted by Gasteiger charge is 2.09. The minimum atomic E-state index is 0.925. The molecule has 1 N–H and O–H groups in total. The van der Waals surface area contributed by atoms with E-state index >= 15 is 0 Å². The molecule has 1 aromatic carbocycles. The van der Waals surface area contributed by atoms with Crippen molar-refractivity contribution in [2.75, 3.05) is 7.05 Å². The van der Waals surface area contributed by atoms with Crippen LogP contribution in [0.4, 0.5) is 0 Å². The van der Waals surface area contributed by atoms with E-state index in [4.69, 9.17) is 4.98 Å². The topological polar surface area (TPSA) is 24.9 Å². The molecule has 0 atom stereocenters. The van der Waals surface area contributed by atoms with Crippen molar-refractivity contribution >= 4 is 11.3 Å². The first kappa shape index (κ1) is 13.2. The fraction of sp³-hybridized carbons (Fsp3) is 0.400. The van der Waals surface area contributed by atoms with Crippen LogP contribution in [0, 0.1) is 6.92 Å². The van der Waals surface area contributed by atoms with Crippen molar-refractivity contribution in [1.29, 1.82) is 0 Å². The molecular formula is C15H20N2S. The van der Waals surface area contributed by atoms with Crippen LogP contribution in [0.5, 0.6) is 0 Å². The lowest BCUT2D eigenvalue weighted by Crippen LogP contribution is -2.05. The van der Waals surface area contributed by atoms with Crippen molar-refractivity contribution in [3.8, 4) is 0 Å². The van der Waals surface area contributed by atoms with Crippen LogP contribution in [0.15, 0.2) is 24.3 Å². The van der Waals surface area contributed by atoms with Gasteiger partial charge in [0.05, 0.1) is 10.7 Å². The Morgan fingerprint density at radius 3 is 2.83 bits per heavy atom. The molecule has 18 heavy (non-hydrogen) atoms. The summed E-state index contributed by atoms with van der Waals surface area (Å²) in [4.78, 5) is 6.13. The Balaban J connectivity index is 2.19. The van der Waals surface area contributed by atoms with E-state index in [1.54, 1.807) is 0 Å². The predicted molar refractivity (Wildman–Crippen MR) is 78.2 cm³/mol. The van der Waals surface area contributed by atoms with E-state index in [9.17, 15) is 0 Å². The first-order valence-electron chi connectivity index (χ1n) is 6.40. The number of thiazole rings is 1. The molecule has 0 saturated heterocycles. The summed E-state index contributed by atoms with van der Waals surface area (Å²) < 4.78 is 0. The fourth-order valence-electron chi connectivity index (χ4n) is 2.08. The summed E-state index contributed by atoms with van der Waals surface area (Å²) in [5, 5.41) is 4.44. The van der Waals surface area contributed by atoms with Crippen LogP contribution in [0.2, 0.25) is 0 Å². The Morgan fingerprint density at radius 2 is 2.17 bits per heavy atom. The van der Waals surface area contributed by atoms with Crippen LogP contribution >= 0.6 is 11.3 Å². The smallest absolute Gasteiger partial charge is 0.0975 e. The van der Waals surface area contributed by atoms with Crippen molar-refractivity contribution in [2.45, 2.75) is 33.2 Å². The number of benzene rings is 1. The average molecular weight is 260 g/mol. The Kier molecular flexibility index (Phi) is 4.50. The molecule has 0 aliphatic heterocycles. The number of nitrogens with zero attached hydrogens (tertiary/aromatic N) is 1. The van der Waals surface area contributed by atoms with Crippen molar-refractivity contribution in [3.05, 3.63) is 51.0 Å². The molecule has 3 heteroatoms. The third-order valence-electron chi connectivity index (χ3n) is 2.93. The van der Waals surface area contributed by atoms with Crippen LogP contribution in [0.25, 0.3) is 0 Å². The second kappa shape index (κ2) is 6.12. The third kappa shape index (κ3) is 3.18. The SMILES string of the molecule is CCc1nc(Cc2cccc(C)c2)sc1CNC. The number of hydrogen-bond donors (Lipinski definition) is 1. The molecule has 0 radical (unpaired) electrons. The molecule has 0 bridgehead atoms. The third-order valence-corrected chi connectivity index (χ3v) is 4.03. The van der Waals surface area contributed by atoms with Crippen LogP contribution in [-0.2, 0) is 19.4 Å². The predicted octanol–water partition coefficient (Wildman–Crippen LogP) is 3.32. The minimum Gasteiger partial charge on any atom is -0.315 e. The van der Waals surface area contributed by atoms with Crippen LogP contribution in [-0.4, -0.2) is 12.0 Å². The second-order valence-electron chi connectivity index (χ2n) is 4.53. The number of nitrogens with one attached hydrogen (secondary N) is 1. The summed E-state index contributed by atoms with van der Waals surface area (Å²) in [7, 11) is 1.99. The zero-order chi connectivity index (χ0) is 13.0. The summed E-state index contributed by atoms with van der Waals surface area (Å²) in [5.41, 5.74) is 3.91. The van der Waals surface area contributed by atoms with Crippen molar-refractivity contribution < 1.29 is 0 Å². The lowest BCUT2D eigenvalue weighted by molar-refractivity contribution is 0.813. The molecule has 0 amide bonds. The van der Waals surface area contributed by atoms with Crippen molar-refractivity contribution in [1.82, 2.24) is 10.3 Å². The van der Waals surface area contributed by atoms with Gasteiger partial charge in [0.25, 0.3) is 0 Å². The van der Waals surface area contributed by atoms with Crippen molar-refractivity contribution in [3.63, 3.8) is 0 Å². The van der Waals surface area contributed by atoms with Gasteiger partial charge in [-0.05, 0) is 26.0 Å². The maximum Gasteiger partial charge on any atom is 0.0975 e. The fourth-order valence-corrected chi connectivity index (χ4v) is 3.29. The number of hydrogen-bond acceptors (Lipinski definition) is 3. The van der Waals surface area contributed by atoms with Gasteiger partial charge in [0.15, 0.2) is 0 Å². The highest BCUT2D eigenvalue weighted by molar-refractivity contribution is 7.11. The van der Waals surface area contributed by atoms with Crippen LogP contribution in [0.1, 0.15) is 33.6 Å². The largest absolute Gasteiger partial charge is 0.315 e. The maximum absolute atomic E-state index is 4.75. The molecule has 2 nitrogen and oxygen atoms in total. The summed E-state index contributed by atoms with van der Waals surface area (Å²) >= 11 is 1.84. The number of aromatic nitrogens is 1. The van der Waals surface area contributed by atoms with E-state index in [1.165, 1.54) is 26.7 Å². The molecule has 2 rings (SSSR count). The van der Waals surface area contributed by atoms with Gasteiger partial charge in [-0.25, -0.2) is 4.98 Å². The Hall–Kier alpha value is -1.19. The van der Waals surface area contributed by atoms with E-state index in [-0.39, 0.29) is 0 Å². The molecule has 0 saturated carbocycles. The van der Waals surface area contributed by atoms with Gasteiger partial charge < -0.3 is 5.32 Å². The molecule has 0 spiro atoms. The quantitative estimate of drug-likeness (QED) is 0.892. The van der Waals surface area contributed by atoms with Crippen molar-refractivity contribution in [2.24, 2.45) is 0 Å². The number of aryl methyl sites for hydroxylation is 2. The normalized spacial score (nSPS) is 10.8. The van der Waals surface area contributed by atoms with Gasteiger partial charge in [-0.1, -0.05) is 36.8 Å². The van der Waals surface area contributed by atoms with E-state index < -0.39 is 0 Å². The van der Waals surface area contributed by atoms with Gasteiger partial charge in [-0.3, -0.25) is 0 Å². The molecule has 0 aliphatic carbocycles. The summed E-state index contributed by atoms with van der Waals surface area (Å²) in [5.74, 6) is 0. The molecule has 0 unspecified atom stereocenters. The average Bonchev–Trinajstić information content (AvgIpc) is 2.72. The highest BCUT2D eigenvalue weighted by atomic mass is 32.1. The first-order chi connectivity index (χ1) is 8.72. The minimum absolute atomic E-state index is 0.925. The monoisotopic (exact) mass is 260 g/mol. The molecule has 0 aliphatic rings. The van der Waals surface area contributed by atoms with Crippen LogP contribution in [0.3, 0.4) is 0 Å². The summed E-state index contributed by atoms with van der Waals surface area (Å²) in [6.07, 6.45) is 1.96. The van der Waals surface area contributed by atoms with Crippen LogP contribution < -0.4 is 5.32 Å². The Morgan fingerprint density at radius 1 is 1.33 bits per heavy atom. The van der Waals surface area contributed by atoms with Gasteiger partial charge in [-0.2, -0.15) is 0 Å². The zero-order valence-corrected chi connectivity index (χ0v) is 12.1. The first-order valence-corrected chi connectivity index (χ1v) is 7.22. The maximum atomic E-state index is 4.75. The number of rotatable bonds is 5. The van der Waals surface area contributed by atoms with Gasteiger partial charge in [-0.15, -0.1) is 11.3 Å². The van der Waals surface area contributed by atoms with E-state index in [0.717, 1.165) is 19.4 Å².